The van der Waals surface area contributed by atoms with Crippen molar-refractivity contribution in [3.63, 3.8) is 0 Å². The smallest absolute Gasteiger partial charge is 0.275 e. The Labute approximate surface area is 143 Å². The van der Waals surface area contributed by atoms with E-state index in [4.69, 9.17) is 0 Å². The van der Waals surface area contributed by atoms with Gasteiger partial charge in [-0.3, -0.25) is 4.79 Å². The number of hydrogen-bond acceptors (Lipinski definition) is 2. The number of benzene rings is 2. The third-order valence-corrected chi connectivity index (χ3v) is 4.36. The van der Waals surface area contributed by atoms with E-state index in [1.807, 2.05) is 24.3 Å². The van der Waals surface area contributed by atoms with Crippen LogP contribution in [0.4, 0.5) is 0 Å². The molecular formula is C21H22N2O. The molecule has 1 aliphatic heterocycles. The second-order valence-corrected chi connectivity index (χ2v) is 6.33. The summed E-state index contributed by atoms with van der Waals surface area (Å²) in [5.74, 6) is 0.633. The van der Waals surface area contributed by atoms with Crippen LogP contribution in [0.1, 0.15) is 34.2 Å². The lowest BCUT2D eigenvalue weighted by molar-refractivity contribution is -0.115. The Balaban J connectivity index is 1.75. The van der Waals surface area contributed by atoms with E-state index in [2.05, 4.69) is 55.3 Å². The Morgan fingerprint density at radius 3 is 2.54 bits per heavy atom. The maximum Gasteiger partial charge on any atom is 0.275 e. The van der Waals surface area contributed by atoms with E-state index >= 15 is 0 Å². The van der Waals surface area contributed by atoms with Crippen LogP contribution in [0, 0.1) is 20.8 Å². The standard InChI is InChI=1S/C21H22N2O/c1-14-8-9-18(16(3)12-14)13-19-21(24)23-20(22-19)11-10-17-7-5-4-6-15(17)2/h4-9,12-13H,10-11H2,1-3H3,(H,22,23,24)/b19-13-. The lowest BCUT2D eigenvalue weighted by atomic mass is 10.0. The summed E-state index contributed by atoms with van der Waals surface area (Å²) >= 11 is 0. The highest BCUT2D eigenvalue weighted by Gasteiger charge is 2.20. The van der Waals surface area contributed by atoms with Crippen LogP contribution in [0.2, 0.25) is 0 Å². The van der Waals surface area contributed by atoms with Gasteiger partial charge in [0.05, 0.1) is 0 Å². The SMILES string of the molecule is Cc1ccc(/C=C2\N=C(CCc3ccccc3C)NC2=O)c(C)c1. The number of aliphatic imine (C=N–C) groups is 1. The summed E-state index contributed by atoms with van der Waals surface area (Å²) in [7, 11) is 0. The molecule has 3 rings (SSSR count). The maximum absolute atomic E-state index is 12.2. The number of rotatable bonds is 4. The van der Waals surface area contributed by atoms with Crippen molar-refractivity contribution in [1.82, 2.24) is 5.32 Å². The van der Waals surface area contributed by atoms with Crippen LogP contribution < -0.4 is 5.32 Å². The van der Waals surface area contributed by atoms with E-state index < -0.39 is 0 Å². The molecule has 1 aliphatic rings. The summed E-state index contributed by atoms with van der Waals surface area (Å²) in [4.78, 5) is 16.6. The number of amides is 1. The van der Waals surface area contributed by atoms with Gasteiger partial charge in [-0.1, -0.05) is 48.0 Å². The predicted molar refractivity (Wildman–Crippen MR) is 99.0 cm³/mol. The van der Waals surface area contributed by atoms with Crippen LogP contribution in [-0.4, -0.2) is 11.7 Å². The quantitative estimate of drug-likeness (QED) is 0.847. The van der Waals surface area contributed by atoms with Gasteiger partial charge in [0.25, 0.3) is 5.91 Å². The van der Waals surface area contributed by atoms with E-state index in [1.165, 1.54) is 16.7 Å². The molecule has 0 spiro atoms. The van der Waals surface area contributed by atoms with Crippen molar-refractivity contribution in [2.24, 2.45) is 4.99 Å². The molecular weight excluding hydrogens is 296 g/mol. The van der Waals surface area contributed by atoms with Crippen molar-refractivity contribution in [2.45, 2.75) is 33.6 Å². The minimum Gasteiger partial charge on any atom is -0.309 e. The van der Waals surface area contributed by atoms with E-state index in [0.29, 0.717) is 5.70 Å². The van der Waals surface area contributed by atoms with Crippen LogP contribution >= 0.6 is 0 Å². The Kier molecular flexibility index (Phi) is 4.61. The predicted octanol–water partition coefficient (Wildman–Crippen LogP) is 4.11. The van der Waals surface area contributed by atoms with Crippen molar-refractivity contribution in [1.29, 1.82) is 0 Å². The molecule has 3 heteroatoms. The molecule has 1 N–H and O–H groups in total. The fourth-order valence-corrected chi connectivity index (χ4v) is 2.91. The molecule has 0 fully saturated rings. The molecule has 0 atom stereocenters. The van der Waals surface area contributed by atoms with Crippen molar-refractivity contribution in [3.05, 3.63) is 76.0 Å². The molecule has 0 bridgehead atoms. The van der Waals surface area contributed by atoms with Gasteiger partial charge in [0, 0.05) is 6.42 Å². The third-order valence-electron chi connectivity index (χ3n) is 4.36. The molecule has 0 aromatic heterocycles. The first kappa shape index (κ1) is 16.2. The van der Waals surface area contributed by atoms with Gasteiger partial charge < -0.3 is 5.32 Å². The Morgan fingerprint density at radius 2 is 1.79 bits per heavy atom. The Morgan fingerprint density at radius 1 is 1.00 bits per heavy atom. The highest BCUT2D eigenvalue weighted by atomic mass is 16.2. The van der Waals surface area contributed by atoms with E-state index in [1.54, 1.807) is 0 Å². The number of hydrogen-bond donors (Lipinski definition) is 1. The molecule has 0 radical (unpaired) electrons. The minimum atomic E-state index is -0.116. The average molecular weight is 318 g/mol. The fourth-order valence-electron chi connectivity index (χ4n) is 2.91. The van der Waals surface area contributed by atoms with Crippen molar-refractivity contribution < 1.29 is 4.79 Å². The summed E-state index contributed by atoms with van der Waals surface area (Å²) in [5, 5.41) is 2.89. The molecule has 2 aromatic rings. The maximum atomic E-state index is 12.2. The summed E-state index contributed by atoms with van der Waals surface area (Å²) < 4.78 is 0. The Hall–Kier alpha value is -2.68. The number of carbonyl (C=O) groups excluding carboxylic acids is 1. The number of nitrogens with one attached hydrogen (secondary N) is 1. The van der Waals surface area contributed by atoms with E-state index in [0.717, 1.165) is 29.8 Å². The molecule has 0 saturated carbocycles. The molecule has 1 amide bonds. The van der Waals surface area contributed by atoms with Crippen LogP contribution in [0.15, 0.2) is 53.2 Å². The topological polar surface area (TPSA) is 41.5 Å². The van der Waals surface area contributed by atoms with Crippen LogP contribution in [0.25, 0.3) is 6.08 Å². The lowest BCUT2D eigenvalue weighted by Gasteiger charge is -2.04. The molecule has 3 nitrogen and oxygen atoms in total. The van der Waals surface area contributed by atoms with Crippen LogP contribution in [-0.2, 0) is 11.2 Å². The number of carbonyl (C=O) groups is 1. The van der Waals surface area contributed by atoms with Gasteiger partial charge in [-0.15, -0.1) is 0 Å². The monoisotopic (exact) mass is 318 g/mol. The van der Waals surface area contributed by atoms with Gasteiger partial charge in [0.15, 0.2) is 0 Å². The normalized spacial score (nSPS) is 15.5. The highest BCUT2D eigenvalue weighted by Crippen LogP contribution is 2.18. The second-order valence-electron chi connectivity index (χ2n) is 6.33. The van der Waals surface area contributed by atoms with Gasteiger partial charge in [-0.25, -0.2) is 4.99 Å². The van der Waals surface area contributed by atoms with Gasteiger partial charge in [0.2, 0.25) is 0 Å². The second kappa shape index (κ2) is 6.83. The van der Waals surface area contributed by atoms with Crippen molar-refractivity contribution >= 4 is 17.8 Å². The highest BCUT2D eigenvalue weighted by molar-refractivity contribution is 6.14. The van der Waals surface area contributed by atoms with Gasteiger partial charge in [-0.05, 0) is 55.5 Å². The van der Waals surface area contributed by atoms with E-state index in [-0.39, 0.29) is 5.91 Å². The molecule has 0 saturated heterocycles. The Bertz CT molecular complexity index is 847. The first-order valence-electron chi connectivity index (χ1n) is 8.25. The zero-order valence-electron chi connectivity index (χ0n) is 14.4. The summed E-state index contributed by atoms with van der Waals surface area (Å²) in [6.45, 7) is 6.22. The van der Waals surface area contributed by atoms with Gasteiger partial charge in [-0.2, -0.15) is 0 Å². The summed E-state index contributed by atoms with van der Waals surface area (Å²) in [6.07, 6.45) is 3.48. The molecule has 0 aliphatic carbocycles. The van der Waals surface area contributed by atoms with Crippen LogP contribution in [0.3, 0.4) is 0 Å². The summed E-state index contributed by atoms with van der Waals surface area (Å²) in [6, 6.07) is 14.5. The zero-order valence-corrected chi connectivity index (χ0v) is 14.4. The van der Waals surface area contributed by atoms with Crippen LogP contribution in [0.5, 0.6) is 0 Å². The average Bonchev–Trinajstić information content (AvgIpc) is 2.89. The van der Waals surface area contributed by atoms with Crippen molar-refractivity contribution in [3.8, 4) is 0 Å². The molecule has 0 unspecified atom stereocenters. The number of amidine groups is 1. The number of nitrogens with zero attached hydrogens (tertiary/aromatic N) is 1. The molecule has 1 heterocycles. The molecule has 2 aromatic carbocycles. The van der Waals surface area contributed by atoms with E-state index in [9.17, 15) is 4.79 Å². The first-order valence-corrected chi connectivity index (χ1v) is 8.25. The van der Waals surface area contributed by atoms with Gasteiger partial charge in [0.1, 0.15) is 11.5 Å². The lowest BCUT2D eigenvalue weighted by Crippen LogP contribution is -2.24. The summed E-state index contributed by atoms with van der Waals surface area (Å²) in [5.41, 5.74) is 6.46. The zero-order chi connectivity index (χ0) is 17.1. The molecule has 122 valence electrons. The van der Waals surface area contributed by atoms with Crippen molar-refractivity contribution in [2.75, 3.05) is 0 Å². The fraction of sp³-hybridized carbons (Fsp3) is 0.238. The molecule has 24 heavy (non-hydrogen) atoms. The largest absolute Gasteiger partial charge is 0.309 e. The van der Waals surface area contributed by atoms with Gasteiger partial charge >= 0.3 is 0 Å². The third kappa shape index (κ3) is 3.62. The minimum absolute atomic E-state index is 0.116. The first-order chi connectivity index (χ1) is 11.5. The number of aryl methyl sites for hydroxylation is 4.